The Morgan fingerprint density at radius 1 is 1.31 bits per heavy atom. The Balaban J connectivity index is 0.00000169. The Kier molecular flexibility index (Phi) is 8.59. The van der Waals surface area contributed by atoms with Gasteiger partial charge in [-0.1, -0.05) is 0 Å². The normalized spacial score (nSPS) is 9.81. The minimum atomic E-state index is -0.519. The fourth-order valence-corrected chi connectivity index (χ4v) is 2.16. The second-order valence-electron chi connectivity index (χ2n) is 4.74. The van der Waals surface area contributed by atoms with Crippen LogP contribution in [0.5, 0.6) is 5.75 Å². The summed E-state index contributed by atoms with van der Waals surface area (Å²) in [6.45, 7) is -0.0965. The summed E-state index contributed by atoms with van der Waals surface area (Å²) in [4.78, 5) is 7.92. The van der Waals surface area contributed by atoms with Crippen LogP contribution >= 0.6 is 0 Å². The summed E-state index contributed by atoms with van der Waals surface area (Å²) in [6.07, 6.45) is 2.69. The molecule has 12 heteroatoms. The predicted octanol–water partition coefficient (Wildman–Crippen LogP) is -2.67. The molecule has 3 aromatic rings. The molecule has 0 saturated heterocycles. The van der Waals surface area contributed by atoms with Crippen LogP contribution in [0.4, 0.5) is 10.2 Å². The number of hydrogen-bond acceptors (Lipinski definition) is 8. The van der Waals surface area contributed by atoms with Crippen LogP contribution in [0.1, 0.15) is 11.3 Å². The molecule has 4 radical (unpaired) electrons. The van der Waals surface area contributed by atoms with E-state index < -0.39 is 5.82 Å². The third-order valence-electron chi connectivity index (χ3n) is 3.33. The van der Waals surface area contributed by atoms with Crippen molar-refractivity contribution in [3.8, 4) is 11.4 Å². The molecule has 0 atom stereocenters. The van der Waals surface area contributed by atoms with Crippen LogP contribution in [0.3, 0.4) is 0 Å². The molecule has 128 valence electrons. The van der Waals surface area contributed by atoms with Crippen molar-refractivity contribution in [3.63, 3.8) is 0 Å². The maximum absolute atomic E-state index is 14.7. The van der Waals surface area contributed by atoms with Gasteiger partial charge in [0.25, 0.3) is 0 Å². The van der Waals surface area contributed by atoms with Gasteiger partial charge in [0.2, 0.25) is 0 Å². The van der Waals surface area contributed by atoms with Crippen molar-refractivity contribution in [2.45, 2.75) is 13.2 Å². The van der Waals surface area contributed by atoms with Gasteiger partial charge in [0, 0.05) is 18.2 Å². The summed E-state index contributed by atoms with van der Waals surface area (Å²) in [6, 6.07) is 4.74. The van der Waals surface area contributed by atoms with E-state index in [4.69, 9.17) is 9.84 Å². The third-order valence-corrected chi connectivity index (χ3v) is 3.33. The molecule has 2 N–H and O–H groups in total. The summed E-state index contributed by atoms with van der Waals surface area (Å²) < 4.78 is 21.0. The van der Waals surface area contributed by atoms with Crippen LogP contribution in [0.2, 0.25) is 0 Å². The minimum absolute atomic E-state index is 0. The number of nitrogens with zero attached hydrogens (tertiary/aromatic N) is 6. The topological polar surface area (TPSA) is 111 Å². The maximum Gasteiger partial charge on any atom is 1.00 e. The van der Waals surface area contributed by atoms with Gasteiger partial charge in [-0.05, 0) is 22.6 Å². The predicted molar refractivity (Wildman–Crippen MR) is 86.7 cm³/mol. The molecule has 0 aliphatic rings. The van der Waals surface area contributed by atoms with Gasteiger partial charge >= 0.3 is 29.6 Å². The van der Waals surface area contributed by atoms with Crippen molar-refractivity contribution in [2.75, 3.05) is 12.4 Å². The molecule has 3 rings (SSSR count). The number of aliphatic hydroxyl groups excluding tert-OH is 1. The number of aliphatic hydroxyl groups is 1. The third kappa shape index (κ3) is 4.76. The van der Waals surface area contributed by atoms with Crippen LogP contribution in [-0.2, 0) is 13.2 Å². The first-order valence-electron chi connectivity index (χ1n) is 6.97. The van der Waals surface area contributed by atoms with Crippen molar-refractivity contribution in [2.24, 2.45) is 0 Å². The SMILES string of the molecule is COc1ccc(-n2cnnn2)c(CNc2cc(CO)ncn2)c1F.[B-].[Na+]. The summed E-state index contributed by atoms with van der Waals surface area (Å²) >= 11 is 0. The van der Waals surface area contributed by atoms with Gasteiger partial charge in [-0.25, -0.2) is 19.0 Å². The van der Waals surface area contributed by atoms with Crippen LogP contribution < -0.4 is 39.6 Å². The van der Waals surface area contributed by atoms with Crippen LogP contribution in [0.15, 0.2) is 30.9 Å². The Bertz CT molecular complexity index is 838. The number of anilines is 1. The van der Waals surface area contributed by atoms with Crippen LogP contribution in [0, 0.1) is 5.82 Å². The molecule has 0 saturated carbocycles. The van der Waals surface area contributed by atoms with E-state index in [1.165, 1.54) is 30.5 Å². The molecule has 1 aromatic carbocycles. The van der Waals surface area contributed by atoms with E-state index in [2.05, 4.69) is 30.8 Å². The zero-order valence-electron chi connectivity index (χ0n) is 14.3. The largest absolute Gasteiger partial charge is 1.00 e. The second-order valence-corrected chi connectivity index (χ2v) is 4.74. The van der Waals surface area contributed by atoms with Crippen molar-refractivity contribution < 1.29 is 43.8 Å². The first-order valence-corrected chi connectivity index (χ1v) is 6.97. The van der Waals surface area contributed by atoms with E-state index >= 15 is 0 Å². The number of tetrazole rings is 1. The summed E-state index contributed by atoms with van der Waals surface area (Å²) in [5.74, 6) is 0.0516. The Hall–Kier alpha value is -2.08. The Labute approximate surface area is 172 Å². The van der Waals surface area contributed by atoms with E-state index in [1.807, 2.05) is 0 Å². The molecule has 0 fully saturated rings. The molecule has 0 bridgehead atoms. The Morgan fingerprint density at radius 3 is 2.77 bits per heavy atom. The maximum atomic E-state index is 14.7. The summed E-state index contributed by atoms with van der Waals surface area (Å²) in [7, 11) is 1.39. The van der Waals surface area contributed by atoms with Gasteiger partial charge in [0.15, 0.2) is 11.6 Å². The van der Waals surface area contributed by atoms with E-state index in [1.54, 1.807) is 12.1 Å². The number of halogens is 1. The number of nitrogens with one attached hydrogen (secondary N) is 1. The molecular weight excluding hydrogens is 351 g/mol. The molecule has 0 unspecified atom stereocenters. The molecule has 9 nitrogen and oxygen atoms in total. The molecule has 26 heavy (non-hydrogen) atoms. The summed E-state index contributed by atoms with van der Waals surface area (Å²) in [5, 5.41) is 23.0. The zero-order chi connectivity index (χ0) is 16.9. The van der Waals surface area contributed by atoms with E-state index in [-0.39, 0.29) is 56.9 Å². The summed E-state index contributed by atoms with van der Waals surface area (Å²) in [5.41, 5.74) is 1.24. The van der Waals surface area contributed by atoms with E-state index in [9.17, 15) is 4.39 Å². The number of benzene rings is 1. The molecule has 0 amide bonds. The molecule has 0 spiro atoms. The molecule has 0 aliphatic heterocycles. The van der Waals surface area contributed by atoms with Gasteiger partial charge in [0.05, 0.1) is 25.1 Å². The van der Waals surface area contributed by atoms with Crippen molar-refractivity contribution in [1.82, 2.24) is 30.2 Å². The Morgan fingerprint density at radius 2 is 2.12 bits per heavy atom. The number of hydrogen-bond donors (Lipinski definition) is 2. The number of ether oxygens (including phenoxy) is 1. The van der Waals surface area contributed by atoms with Crippen molar-refractivity contribution in [1.29, 1.82) is 0 Å². The fraction of sp³-hybridized carbons (Fsp3) is 0.214. The number of rotatable bonds is 6. The fourth-order valence-electron chi connectivity index (χ4n) is 2.16. The average molecular weight is 365 g/mol. The van der Waals surface area contributed by atoms with Crippen molar-refractivity contribution >= 4 is 14.2 Å². The van der Waals surface area contributed by atoms with Crippen LogP contribution in [-0.4, -0.2) is 50.8 Å². The van der Waals surface area contributed by atoms with Crippen LogP contribution in [0.25, 0.3) is 5.69 Å². The average Bonchev–Trinajstić information content (AvgIpc) is 3.15. The van der Waals surface area contributed by atoms with Gasteiger partial charge in [0.1, 0.15) is 18.5 Å². The monoisotopic (exact) mass is 365 g/mol. The molecular formula is C14H14BFN7NaO2. The smallest absolute Gasteiger partial charge is 1.00 e. The zero-order valence-corrected chi connectivity index (χ0v) is 16.3. The van der Waals surface area contributed by atoms with Gasteiger partial charge < -0.3 is 23.6 Å². The first-order chi connectivity index (χ1) is 11.7. The van der Waals surface area contributed by atoms with Gasteiger partial charge in [-0.2, -0.15) is 0 Å². The molecule has 2 aromatic heterocycles. The first kappa shape index (κ1) is 22.0. The minimum Gasteiger partial charge on any atom is -1.00 e. The van der Waals surface area contributed by atoms with E-state index in [0.717, 1.165) is 0 Å². The van der Waals surface area contributed by atoms with Gasteiger partial charge in [-0.15, -0.1) is 5.10 Å². The van der Waals surface area contributed by atoms with E-state index in [0.29, 0.717) is 22.8 Å². The number of methoxy groups -OCH3 is 1. The molecule has 0 aliphatic carbocycles. The second kappa shape index (κ2) is 10.2. The molecule has 2 heterocycles. The van der Waals surface area contributed by atoms with Gasteiger partial charge in [-0.3, -0.25) is 0 Å². The number of aromatic nitrogens is 6. The van der Waals surface area contributed by atoms with Crippen molar-refractivity contribution in [3.05, 3.63) is 47.9 Å². The standard InChI is InChI=1S/C14H14FN7O2.B.Na/c1-24-12-3-2-11(22-8-19-20-21-22)10(14(12)15)5-16-13-4-9(6-23)17-7-18-13;;/h2-4,7-8,23H,5-6H2,1H3,(H,16,17,18);;/q;-1;+1. The quantitative estimate of drug-likeness (QED) is 0.455.